The molecule has 5 nitrogen and oxygen atoms in total. The van der Waals surface area contributed by atoms with Gasteiger partial charge in [-0.25, -0.2) is 8.78 Å². The quantitative estimate of drug-likeness (QED) is 0.798. The summed E-state index contributed by atoms with van der Waals surface area (Å²) in [5, 5.41) is 5.70. The molecule has 0 aromatic heterocycles. The first-order valence-electron chi connectivity index (χ1n) is 9.76. The molecule has 3 rings (SSSR count). The molecular weight excluding hydrogens is 352 g/mol. The van der Waals surface area contributed by atoms with Crippen molar-refractivity contribution >= 4 is 11.8 Å². The number of rotatable bonds is 6. The Morgan fingerprint density at radius 2 is 2.00 bits per heavy atom. The molecule has 2 N–H and O–H groups in total. The van der Waals surface area contributed by atoms with E-state index >= 15 is 0 Å². The lowest BCUT2D eigenvalue weighted by molar-refractivity contribution is -0.134. The molecular formula is C20H27F2N3O2. The van der Waals surface area contributed by atoms with E-state index in [2.05, 4.69) is 10.6 Å². The summed E-state index contributed by atoms with van der Waals surface area (Å²) in [5.41, 5.74) is 0.192. The molecule has 0 spiro atoms. The molecule has 2 amide bonds. The Hall–Kier alpha value is -2.02. The number of halogens is 2. The van der Waals surface area contributed by atoms with E-state index in [0.717, 1.165) is 18.9 Å². The van der Waals surface area contributed by atoms with E-state index in [1.807, 2.05) is 0 Å². The van der Waals surface area contributed by atoms with Gasteiger partial charge in [0, 0.05) is 31.7 Å². The van der Waals surface area contributed by atoms with E-state index in [4.69, 9.17) is 0 Å². The molecule has 2 fully saturated rings. The number of nitrogens with zero attached hydrogens (tertiary/aromatic N) is 1. The average Bonchev–Trinajstić information content (AvgIpc) is 2.67. The van der Waals surface area contributed by atoms with E-state index < -0.39 is 17.7 Å². The Morgan fingerprint density at radius 3 is 2.78 bits per heavy atom. The summed E-state index contributed by atoms with van der Waals surface area (Å²) in [6.07, 6.45) is 5.97. The number of hydrogen-bond acceptors (Lipinski definition) is 3. The summed E-state index contributed by atoms with van der Waals surface area (Å²) in [5.74, 6) is -1.71. The van der Waals surface area contributed by atoms with Crippen molar-refractivity contribution in [2.24, 2.45) is 5.92 Å². The fourth-order valence-corrected chi connectivity index (χ4v) is 3.96. The van der Waals surface area contributed by atoms with E-state index in [1.54, 1.807) is 4.90 Å². The number of nitrogens with one attached hydrogen (secondary N) is 2. The summed E-state index contributed by atoms with van der Waals surface area (Å²) < 4.78 is 27.4. The van der Waals surface area contributed by atoms with Gasteiger partial charge in [0.1, 0.15) is 0 Å². The van der Waals surface area contributed by atoms with Crippen LogP contribution in [0, 0.1) is 17.6 Å². The normalized spacial score (nSPS) is 21.7. The summed E-state index contributed by atoms with van der Waals surface area (Å²) in [6, 6.07) is 3.35. The number of hydrogen-bond donors (Lipinski definition) is 2. The Bertz CT molecular complexity index is 677. The smallest absolute Gasteiger partial charge is 0.237 e. The number of carbonyl (C=O) groups is 2. The Labute approximate surface area is 158 Å². The Kier molecular flexibility index (Phi) is 6.77. The van der Waals surface area contributed by atoms with Gasteiger partial charge < -0.3 is 10.6 Å². The maximum atomic E-state index is 14.0. The van der Waals surface area contributed by atoms with Crippen LogP contribution in [0.25, 0.3) is 0 Å². The van der Waals surface area contributed by atoms with Gasteiger partial charge in [0.15, 0.2) is 11.6 Å². The van der Waals surface area contributed by atoms with Crippen molar-refractivity contribution in [2.45, 2.75) is 51.1 Å². The molecule has 1 unspecified atom stereocenters. The molecule has 1 aliphatic heterocycles. The van der Waals surface area contributed by atoms with Crippen molar-refractivity contribution < 1.29 is 18.4 Å². The summed E-state index contributed by atoms with van der Waals surface area (Å²) in [4.78, 5) is 26.4. The van der Waals surface area contributed by atoms with E-state index in [-0.39, 0.29) is 30.3 Å². The first-order chi connectivity index (χ1) is 13.0. The van der Waals surface area contributed by atoms with Gasteiger partial charge in [-0.3, -0.25) is 14.5 Å². The number of benzene rings is 1. The predicted octanol–water partition coefficient (Wildman–Crippen LogP) is 2.35. The number of amides is 2. The van der Waals surface area contributed by atoms with Crippen LogP contribution in [0.15, 0.2) is 18.2 Å². The van der Waals surface area contributed by atoms with Gasteiger partial charge in [0.2, 0.25) is 11.8 Å². The molecule has 1 heterocycles. The molecule has 0 radical (unpaired) electrons. The van der Waals surface area contributed by atoms with Gasteiger partial charge in [-0.2, -0.15) is 0 Å². The van der Waals surface area contributed by atoms with Crippen LogP contribution in [0.3, 0.4) is 0 Å². The van der Waals surface area contributed by atoms with Crippen molar-refractivity contribution in [3.8, 4) is 0 Å². The van der Waals surface area contributed by atoms with Crippen molar-refractivity contribution in [1.29, 1.82) is 0 Å². The maximum absolute atomic E-state index is 14.0. The fourth-order valence-electron chi connectivity index (χ4n) is 3.96. The van der Waals surface area contributed by atoms with Crippen LogP contribution in [-0.2, 0) is 16.1 Å². The van der Waals surface area contributed by atoms with E-state index in [0.29, 0.717) is 25.6 Å². The zero-order valence-electron chi connectivity index (χ0n) is 15.5. The summed E-state index contributed by atoms with van der Waals surface area (Å²) >= 11 is 0. The lowest BCUT2D eigenvalue weighted by atomic mass is 9.89. The van der Waals surface area contributed by atoms with Crippen LogP contribution in [0.5, 0.6) is 0 Å². The van der Waals surface area contributed by atoms with Crippen molar-refractivity contribution in [2.75, 3.05) is 19.6 Å². The minimum atomic E-state index is -0.907. The molecule has 1 aromatic rings. The first kappa shape index (κ1) is 19.7. The van der Waals surface area contributed by atoms with Crippen LogP contribution in [0.4, 0.5) is 8.78 Å². The average molecular weight is 379 g/mol. The highest BCUT2D eigenvalue weighted by Crippen LogP contribution is 2.23. The second-order valence-corrected chi connectivity index (χ2v) is 7.50. The third-order valence-electron chi connectivity index (χ3n) is 5.54. The van der Waals surface area contributed by atoms with Crippen molar-refractivity contribution in [1.82, 2.24) is 15.5 Å². The minimum Gasteiger partial charge on any atom is -0.356 e. The van der Waals surface area contributed by atoms with Gasteiger partial charge in [0.05, 0.1) is 12.5 Å². The zero-order valence-corrected chi connectivity index (χ0v) is 15.5. The largest absolute Gasteiger partial charge is 0.356 e. The number of piperazine rings is 1. The van der Waals surface area contributed by atoms with Crippen LogP contribution >= 0.6 is 0 Å². The molecule has 1 saturated carbocycles. The van der Waals surface area contributed by atoms with Gasteiger partial charge in [0.25, 0.3) is 0 Å². The second kappa shape index (κ2) is 9.26. The molecule has 1 saturated heterocycles. The standard InChI is InChI=1S/C20H27F2N3O2/c21-16-8-4-7-15(19(16)22)13-25-10-9-23-20(27)17(25)11-18(26)24-12-14-5-2-1-3-6-14/h4,7-8,14,17H,1-3,5-6,9-13H2,(H,23,27)(H,24,26). The Morgan fingerprint density at radius 1 is 1.22 bits per heavy atom. The predicted molar refractivity (Wildman–Crippen MR) is 97.8 cm³/mol. The fraction of sp³-hybridized carbons (Fsp3) is 0.600. The van der Waals surface area contributed by atoms with Crippen LogP contribution in [-0.4, -0.2) is 42.4 Å². The van der Waals surface area contributed by atoms with E-state index in [1.165, 1.54) is 31.4 Å². The molecule has 2 aliphatic rings. The molecule has 1 aromatic carbocycles. The second-order valence-electron chi connectivity index (χ2n) is 7.50. The molecule has 1 aliphatic carbocycles. The van der Waals surface area contributed by atoms with E-state index in [9.17, 15) is 18.4 Å². The van der Waals surface area contributed by atoms with Gasteiger partial charge in [-0.1, -0.05) is 31.4 Å². The van der Waals surface area contributed by atoms with Crippen molar-refractivity contribution in [3.05, 3.63) is 35.4 Å². The highest BCUT2D eigenvalue weighted by Gasteiger charge is 2.32. The minimum absolute atomic E-state index is 0.0233. The van der Waals surface area contributed by atoms with Crippen LogP contribution in [0.1, 0.15) is 44.1 Å². The molecule has 27 heavy (non-hydrogen) atoms. The molecule has 0 bridgehead atoms. The number of carbonyl (C=O) groups excluding carboxylic acids is 2. The zero-order chi connectivity index (χ0) is 19.2. The highest BCUT2D eigenvalue weighted by atomic mass is 19.2. The maximum Gasteiger partial charge on any atom is 0.237 e. The van der Waals surface area contributed by atoms with Crippen LogP contribution in [0.2, 0.25) is 0 Å². The monoisotopic (exact) mass is 379 g/mol. The molecule has 148 valence electrons. The lowest BCUT2D eigenvalue weighted by Crippen LogP contribution is -2.56. The third kappa shape index (κ3) is 5.25. The van der Waals surface area contributed by atoms with Crippen molar-refractivity contribution in [3.63, 3.8) is 0 Å². The van der Waals surface area contributed by atoms with Crippen LogP contribution < -0.4 is 10.6 Å². The molecule has 1 atom stereocenters. The Balaban J connectivity index is 1.59. The first-order valence-corrected chi connectivity index (χ1v) is 9.76. The highest BCUT2D eigenvalue weighted by molar-refractivity contribution is 5.88. The van der Waals surface area contributed by atoms with Gasteiger partial charge in [-0.05, 0) is 24.8 Å². The third-order valence-corrected chi connectivity index (χ3v) is 5.54. The SMILES string of the molecule is O=C(CC1C(=O)NCCN1Cc1cccc(F)c1F)NCC1CCCCC1. The lowest BCUT2D eigenvalue weighted by Gasteiger charge is -2.35. The summed E-state index contributed by atoms with van der Waals surface area (Å²) in [7, 11) is 0. The topological polar surface area (TPSA) is 61.4 Å². The van der Waals surface area contributed by atoms with Gasteiger partial charge >= 0.3 is 0 Å². The molecule has 7 heteroatoms. The van der Waals surface area contributed by atoms with Gasteiger partial charge in [-0.15, -0.1) is 0 Å². The summed E-state index contributed by atoms with van der Waals surface area (Å²) in [6.45, 7) is 1.65.